The van der Waals surface area contributed by atoms with E-state index >= 15 is 0 Å². The van der Waals surface area contributed by atoms with E-state index in [1.807, 2.05) is 18.2 Å². The van der Waals surface area contributed by atoms with Crippen molar-refractivity contribution in [1.82, 2.24) is 0 Å². The number of halogens is 2. The zero-order valence-electron chi connectivity index (χ0n) is 10.4. The summed E-state index contributed by atoms with van der Waals surface area (Å²) in [7, 11) is 0. The molecule has 0 aliphatic carbocycles. The van der Waals surface area contributed by atoms with Crippen molar-refractivity contribution in [3.05, 3.63) is 70.1 Å². The highest BCUT2D eigenvalue weighted by atomic mass is 79.9. The fourth-order valence-corrected chi connectivity index (χ4v) is 2.47. The van der Waals surface area contributed by atoms with E-state index < -0.39 is 5.82 Å². The molecule has 2 aromatic carbocycles. The normalized spacial score (nSPS) is 10.9. The molecule has 0 aliphatic heterocycles. The molecule has 4 heteroatoms. The average Bonchev–Trinajstić information content (AvgIpc) is 2.87. The van der Waals surface area contributed by atoms with E-state index in [0.29, 0.717) is 11.1 Å². The Hall–Kier alpha value is -1.94. The van der Waals surface area contributed by atoms with Gasteiger partial charge in [0.25, 0.3) is 0 Å². The van der Waals surface area contributed by atoms with Crippen LogP contribution in [0.4, 0.5) is 4.39 Å². The minimum absolute atomic E-state index is 0.0227. The van der Waals surface area contributed by atoms with Crippen LogP contribution >= 0.6 is 15.9 Å². The molecular formula is C16H10BrFO2. The van der Waals surface area contributed by atoms with E-state index in [1.54, 1.807) is 24.3 Å². The van der Waals surface area contributed by atoms with Crippen molar-refractivity contribution in [2.45, 2.75) is 6.42 Å². The number of Topliss-reactive ketones (excluding diaryl/α,β-unsaturated/α-hetero) is 1. The predicted octanol–water partition coefficient (Wildman–Crippen LogP) is 4.76. The largest absolute Gasteiger partial charge is 0.453 e. The summed E-state index contributed by atoms with van der Waals surface area (Å²) >= 11 is 3.27. The fraction of sp³-hybridized carbons (Fsp3) is 0.0625. The van der Waals surface area contributed by atoms with Crippen molar-refractivity contribution >= 4 is 32.7 Å². The molecule has 3 rings (SSSR count). The van der Waals surface area contributed by atoms with Crippen LogP contribution in [0.2, 0.25) is 0 Å². The highest BCUT2D eigenvalue weighted by Gasteiger charge is 2.15. The van der Waals surface area contributed by atoms with Crippen molar-refractivity contribution in [3.63, 3.8) is 0 Å². The van der Waals surface area contributed by atoms with Gasteiger partial charge < -0.3 is 4.42 Å². The third kappa shape index (κ3) is 2.51. The lowest BCUT2D eigenvalue weighted by molar-refractivity contribution is 0.0967. The number of benzene rings is 2. The minimum atomic E-state index is -0.391. The predicted molar refractivity (Wildman–Crippen MR) is 78.3 cm³/mol. The van der Waals surface area contributed by atoms with Crippen LogP contribution in [0.1, 0.15) is 16.1 Å². The summed E-state index contributed by atoms with van der Waals surface area (Å²) in [6.45, 7) is 0. The van der Waals surface area contributed by atoms with E-state index in [1.165, 1.54) is 6.07 Å². The zero-order chi connectivity index (χ0) is 14.1. The first-order valence-corrected chi connectivity index (χ1v) is 6.88. The number of hydrogen-bond acceptors (Lipinski definition) is 2. The van der Waals surface area contributed by atoms with E-state index in [9.17, 15) is 9.18 Å². The SMILES string of the molecule is O=C(Cc1cc(Br)ccc1F)c1cc2ccccc2o1. The van der Waals surface area contributed by atoms with Crippen LogP contribution in [0, 0.1) is 5.82 Å². The molecule has 100 valence electrons. The van der Waals surface area contributed by atoms with Crippen LogP contribution in [0.5, 0.6) is 0 Å². The summed E-state index contributed by atoms with van der Waals surface area (Å²) in [6, 6.07) is 13.6. The number of ketones is 1. The van der Waals surface area contributed by atoms with Gasteiger partial charge in [-0.3, -0.25) is 4.79 Å². The molecule has 0 aliphatic rings. The Labute approximate surface area is 123 Å². The molecule has 0 saturated carbocycles. The van der Waals surface area contributed by atoms with Crippen molar-refractivity contribution in [2.75, 3.05) is 0 Å². The molecule has 2 nitrogen and oxygen atoms in total. The third-order valence-corrected chi connectivity index (χ3v) is 3.55. The number of rotatable bonds is 3. The third-order valence-electron chi connectivity index (χ3n) is 3.06. The molecular weight excluding hydrogens is 323 g/mol. The molecule has 3 aromatic rings. The van der Waals surface area contributed by atoms with Crippen LogP contribution in [-0.2, 0) is 6.42 Å². The number of hydrogen-bond donors (Lipinski definition) is 0. The second kappa shape index (κ2) is 5.21. The number of furan rings is 1. The van der Waals surface area contributed by atoms with Gasteiger partial charge in [-0.15, -0.1) is 0 Å². The summed E-state index contributed by atoms with van der Waals surface area (Å²) in [4.78, 5) is 12.2. The van der Waals surface area contributed by atoms with Crippen LogP contribution < -0.4 is 0 Å². The van der Waals surface area contributed by atoms with Gasteiger partial charge in [0.05, 0.1) is 0 Å². The number of para-hydroxylation sites is 1. The standard InChI is InChI=1S/C16H10BrFO2/c17-12-5-6-13(18)11(7-12)8-14(19)16-9-10-3-1-2-4-15(10)20-16/h1-7,9H,8H2. The van der Waals surface area contributed by atoms with Gasteiger partial charge in [0.2, 0.25) is 5.78 Å². The van der Waals surface area contributed by atoms with Crippen molar-refractivity contribution < 1.29 is 13.6 Å². The van der Waals surface area contributed by atoms with Gasteiger partial charge in [-0.1, -0.05) is 34.1 Å². The van der Waals surface area contributed by atoms with Crippen LogP contribution in [0.25, 0.3) is 11.0 Å². The number of carbonyl (C=O) groups is 1. The Kier molecular flexibility index (Phi) is 3.40. The lowest BCUT2D eigenvalue weighted by Gasteiger charge is -2.01. The Morgan fingerprint density at radius 3 is 2.75 bits per heavy atom. The zero-order valence-corrected chi connectivity index (χ0v) is 12.0. The summed E-state index contributed by atoms with van der Waals surface area (Å²) in [6.07, 6.45) is -0.0227. The van der Waals surface area contributed by atoms with Crippen LogP contribution in [0.15, 0.2) is 57.4 Å². The Bertz CT molecular complexity index is 759. The molecule has 0 atom stereocenters. The van der Waals surface area contributed by atoms with Crippen molar-refractivity contribution in [1.29, 1.82) is 0 Å². The molecule has 0 amide bonds. The monoisotopic (exact) mass is 332 g/mol. The average molecular weight is 333 g/mol. The molecule has 0 fully saturated rings. The van der Waals surface area contributed by atoms with Gasteiger partial charge >= 0.3 is 0 Å². The number of fused-ring (bicyclic) bond motifs is 1. The quantitative estimate of drug-likeness (QED) is 0.647. The Morgan fingerprint density at radius 1 is 1.15 bits per heavy atom. The maximum atomic E-state index is 13.6. The first kappa shape index (κ1) is 13.1. The number of carbonyl (C=O) groups excluding carboxylic acids is 1. The maximum absolute atomic E-state index is 13.6. The maximum Gasteiger partial charge on any atom is 0.202 e. The van der Waals surface area contributed by atoms with Crippen molar-refractivity contribution in [3.8, 4) is 0 Å². The first-order valence-electron chi connectivity index (χ1n) is 6.09. The summed E-state index contributed by atoms with van der Waals surface area (Å²) in [5, 5.41) is 0.866. The van der Waals surface area contributed by atoms with Crippen molar-refractivity contribution in [2.24, 2.45) is 0 Å². The highest BCUT2D eigenvalue weighted by Crippen LogP contribution is 2.22. The second-order valence-corrected chi connectivity index (χ2v) is 5.40. The lowest BCUT2D eigenvalue weighted by atomic mass is 10.1. The minimum Gasteiger partial charge on any atom is -0.453 e. The van der Waals surface area contributed by atoms with Gasteiger partial charge in [-0.25, -0.2) is 4.39 Å². The van der Waals surface area contributed by atoms with E-state index in [0.717, 1.165) is 9.86 Å². The molecule has 1 aromatic heterocycles. The smallest absolute Gasteiger partial charge is 0.202 e. The van der Waals surface area contributed by atoms with Gasteiger partial charge in [0, 0.05) is 16.3 Å². The molecule has 0 spiro atoms. The Balaban J connectivity index is 1.90. The van der Waals surface area contributed by atoms with Crippen LogP contribution in [0.3, 0.4) is 0 Å². The molecule has 0 radical (unpaired) electrons. The van der Waals surface area contributed by atoms with E-state index in [2.05, 4.69) is 15.9 Å². The molecule has 0 unspecified atom stereocenters. The van der Waals surface area contributed by atoms with Gasteiger partial charge in [0.1, 0.15) is 11.4 Å². The molecule has 20 heavy (non-hydrogen) atoms. The van der Waals surface area contributed by atoms with E-state index in [4.69, 9.17) is 4.42 Å². The summed E-state index contributed by atoms with van der Waals surface area (Å²) in [5.41, 5.74) is 1.01. The van der Waals surface area contributed by atoms with Gasteiger partial charge in [-0.2, -0.15) is 0 Å². The summed E-state index contributed by atoms with van der Waals surface area (Å²) < 4.78 is 19.9. The van der Waals surface area contributed by atoms with Gasteiger partial charge in [-0.05, 0) is 35.9 Å². The highest BCUT2D eigenvalue weighted by molar-refractivity contribution is 9.10. The van der Waals surface area contributed by atoms with Crippen LogP contribution in [-0.4, -0.2) is 5.78 Å². The second-order valence-electron chi connectivity index (χ2n) is 4.48. The van der Waals surface area contributed by atoms with E-state index in [-0.39, 0.29) is 18.0 Å². The fourth-order valence-electron chi connectivity index (χ4n) is 2.06. The lowest BCUT2D eigenvalue weighted by Crippen LogP contribution is -2.04. The first-order chi connectivity index (χ1) is 9.63. The molecule has 0 N–H and O–H groups in total. The molecule has 0 saturated heterocycles. The van der Waals surface area contributed by atoms with Gasteiger partial charge in [0.15, 0.2) is 5.76 Å². The summed E-state index contributed by atoms with van der Waals surface area (Å²) in [5.74, 6) is -0.374. The Morgan fingerprint density at radius 2 is 1.95 bits per heavy atom. The topological polar surface area (TPSA) is 30.2 Å². The molecule has 0 bridgehead atoms. The molecule has 1 heterocycles.